The van der Waals surface area contributed by atoms with Crippen LogP contribution in [-0.2, 0) is 28.6 Å². The molecule has 0 heterocycles. The molecule has 1 atom stereocenters. The predicted molar refractivity (Wildman–Crippen MR) is 284 cm³/mol. The molecule has 1 unspecified atom stereocenters. The second kappa shape index (κ2) is 54.5. The lowest BCUT2D eigenvalue weighted by molar-refractivity contribution is -0.167. The Morgan fingerprint density at radius 1 is 0.318 bits per heavy atom. The van der Waals surface area contributed by atoms with Crippen molar-refractivity contribution in [3.8, 4) is 0 Å². The van der Waals surface area contributed by atoms with Gasteiger partial charge in [-0.15, -0.1) is 0 Å². The molecule has 0 radical (unpaired) electrons. The van der Waals surface area contributed by atoms with Crippen LogP contribution < -0.4 is 0 Å². The highest BCUT2D eigenvalue weighted by Gasteiger charge is 2.19. The highest BCUT2D eigenvalue weighted by molar-refractivity contribution is 5.71. The lowest BCUT2D eigenvalue weighted by atomic mass is 10.1. The van der Waals surface area contributed by atoms with Gasteiger partial charge in [0.2, 0.25) is 0 Å². The van der Waals surface area contributed by atoms with Crippen molar-refractivity contribution in [1.82, 2.24) is 0 Å². The summed E-state index contributed by atoms with van der Waals surface area (Å²) in [5.41, 5.74) is 0. The molecule has 6 nitrogen and oxygen atoms in total. The average Bonchev–Trinajstić information content (AvgIpc) is 3.31. The standard InChI is InChI=1S/C60H104O6/c1-4-7-10-13-16-19-21-23-25-27-28-29-30-31-32-34-35-37-39-41-44-47-50-53-59(62)65-56-57(55-64-58(61)52-49-46-43-18-15-12-9-6-3)66-60(63)54-51-48-45-42-40-38-36-33-26-24-22-20-17-14-11-8-5-2/h7,10,16,19,23-26,28-29,31-32,57H,4-6,8-9,11-15,17-18,20-22,27,30,33-56H2,1-3H3/b10-7-,19-16-,25-23-,26-24-,29-28-,32-31-. The number of allylic oxidation sites excluding steroid dienone is 12. The number of hydrogen-bond acceptors (Lipinski definition) is 6. The first-order chi connectivity index (χ1) is 32.5. The Kier molecular flexibility index (Phi) is 51.9. The number of carbonyl (C=O) groups excluding carboxylic acids is 3. The van der Waals surface area contributed by atoms with Crippen molar-refractivity contribution in [1.29, 1.82) is 0 Å². The third-order valence-electron chi connectivity index (χ3n) is 11.9. The zero-order chi connectivity index (χ0) is 47.9. The molecule has 380 valence electrons. The van der Waals surface area contributed by atoms with Crippen molar-refractivity contribution in [2.75, 3.05) is 13.2 Å². The minimum Gasteiger partial charge on any atom is -0.462 e. The van der Waals surface area contributed by atoms with Gasteiger partial charge in [0.05, 0.1) is 0 Å². The minimum atomic E-state index is -0.779. The van der Waals surface area contributed by atoms with Crippen molar-refractivity contribution in [2.45, 2.75) is 277 Å². The van der Waals surface area contributed by atoms with E-state index in [-0.39, 0.29) is 31.1 Å². The van der Waals surface area contributed by atoms with Gasteiger partial charge in [0, 0.05) is 19.3 Å². The molecule has 0 aromatic heterocycles. The largest absolute Gasteiger partial charge is 0.462 e. The zero-order valence-corrected chi connectivity index (χ0v) is 43.4. The van der Waals surface area contributed by atoms with Crippen LogP contribution in [0.25, 0.3) is 0 Å². The molecule has 0 spiro atoms. The van der Waals surface area contributed by atoms with Crippen LogP contribution in [0.3, 0.4) is 0 Å². The molecule has 0 saturated carbocycles. The highest BCUT2D eigenvalue weighted by Crippen LogP contribution is 2.15. The van der Waals surface area contributed by atoms with Crippen molar-refractivity contribution >= 4 is 17.9 Å². The summed E-state index contributed by atoms with van der Waals surface area (Å²) in [5.74, 6) is -0.893. The van der Waals surface area contributed by atoms with E-state index in [1.807, 2.05) is 0 Å². The van der Waals surface area contributed by atoms with Crippen molar-refractivity contribution in [2.24, 2.45) is 0 Å². The number of ether oxygens (including phenoxy) is 3. The van der Waals surface area contributed by atoms with Gasteiger partial charge in [0.25, 0.3) is 0 Å². The van der Waals surface area contributed by atoms with E-state index in [9.17, 15) is 14.4 Å². The first kappa shape index (κ1) is 62.8. The molecule has 0 rings (SSSR count). The Labute approximate surface area is 408 Å². The number of hydrogen-bond donors (Lipinski definition) is 0. The maximum Gasteiger partial charge on any atom is 0.306 e. The van der Waals surface area contributed by atoms with Crippen LogP contribution in [-0.4, -0.2) is 37.2 Å². The molecular formula is C60H104O6. The summed E-state index contributed by atoms with van der Waals surface area (Å²) in [7, 11) is 0. The first-order valence-corrected chi connectivity index (χ1v) is 27.9. The van der Waals surface area contributed by atoms with E-state index in [1.165, 1.54) is 135 Å². The van der Waals surface area contributed by atoms with Gasteiger partial charge in [-0.25, -0.2) is 0 Å². The van der Waals surface area contributed by atoms with E-state index in [0.717, 1.165) is 96.3 Å². The number of rotatable bonds is 50. The van der Waals surface area contributed by atoms with Crippen LogP contribution in [0.15, 0.2) is 72.9 Å². The molecule has 6 heteroatoms. The third kappa shape index (κ3) is 51.8. The zero-order valence-electron chi connectivity index (χ0n) is 43.4. The first-order valence-electron chi connectivity index (χ1n) is 27.9. The van der Waals surface area contributed by atoms with Crippen LogP contribution in [0, 0.1) is 0 Å². The molecule has 0 saturated heterocycles. The van der Waals surface area contributed by atoms with Gasteiger partial charge in [0.15, 0.2) is 6.10 Å². The predicted octanol–water partition coefficient (Wildman–Crippen LogP) is 18.6. The molecular weight excluding hydrogens is 817 g/mol. The normalized spacial score (nSPS) is 12.6. The van der Waals surface area contributed by atoms with Gasteiger partial charge >= 0.3 is 17.9 Å². The van der Waals surface area contributed by atoms with Gasteiger partial charge in [0.1, 0.15) is 13.2 Å². The van der Waals surface area contributed by atoms with Crippen molar-refractivity contribution in [3.05, 3.63) is 72.9 Å². The van der Waals surface area contributed by atoms with Crippen LogP contribution in [0.4, 0.5) is 0 Å². The van der Waals surface area contributed by atoms with Crippen LogP contribution in [0.5, 0.6) is 0 Å². The van der Waals surface area contributed by atoms with E-state index >= 15 is 0 Å². The molecule has 66 heavy (non-hydrogen) atoms. The topological polar surface area (TPSA) is 78.9 Å². The van der Waals surface area contributed by atoms with Crippen LogP contribution >= 0.6 is 0 Å². The SMILES string of the molecule is CC/C=C\C/C=C\C/C=C\C/C=C\C/C=C\CCCCCCCCCC(=O)OCC(COC(=O)CCCCCCCCCC)OC(=O)CCCCCCCCC/C=C\CCCCCCCC. The maximum absolute atomic E-state index is 12.8. The van der Waals surface area contributed by atoms with Gasteiger partial charge in [-0.2, -0.15) is 0 Å². The Morgan fingerprint density at radius 2 is 0.591 bits per heavy atom. The number of esters is 3. The molecule has 0 fully saturated rings. The second-order valence-corrected chi connectivity index (χ2v) is 18.5. The van der Waals surface area contributed by atoms with Gasteiger partial charge in [-0.05, 0) is 89.9 Å². The monoisotopic (exact) mass is 921 g/mol. The molecule has 0 N–H and O–H groups in total. The van der Waals surface area contributed by atoms with Crippen LogP contribution in [0.2, 0.25) is 0 Å². The summed E-state index contributed by atoms with van der Waals surface area (Å²) in [6.07, 6.45) is 69.0. The number of unbranched alkanes of at least 4 members (excludes halogenated alkanes) is 27. The fourth-order valence-electron chi connectivity index (χ4n) is 7.76. The minimum absolute atomic E-state index is 0.0792. The van der Waals surface area contributed by atoms with E-state index in [0.29, 0.717) is 19.3 Å². The second-order valence-electron chi connectivity index (χ2n) is 18.5. The Bertz CT molecular complexity index is 1240. The van der Waals surface area contributed by atoms with E-state index in [4.69, 9.17) is 14.2 Å². The summed E-state index contributed by atoms with van der Waals surface area (Å²) in [4.78, 5) is 38.0. The quantitative estimate of drug-likeness (QED) is 0.0262. The smallest absolute Gasteiger partial charge is 0.306 e. The summed E-state index contributed by atoms with van der Waals surface area (Å²) in [6.45, 7) is 6.49. The molecule has 0 bridgehead atoms. The Morgan fingerprint density at radius 3 is 0.939 bits per heavy atom. The summed E-state index contributed by atoms with van der Waals surface area (Å²) < 4.78 is 16.8. The molecule has 0 aromatic carbocycles. The number of carbonyl (C=O) groups is 3. The molecule has 0 aliphatic carbocycles. The van der Waals surface area contributed by atoms with Crippen molar-refractivity contribution in [3.63, 3.8) is 0 Å². The molecule has 0 aliphatic heterocycles. The van der Waals surface area contributed by atoms with E-state index in [2.05, 4.69) is 93.7 Å². The van der Waals surface area contributed by atoms with Crippen LogP contribution in [0.1, 0.15) is 271 Å². The van der Waals surface area contributed by atoms with Gasteiger partial charge in [-0.1, -0.05) is 235 Å². The lowest BCUT2D eigenvalue weighted by Gasteiger charge is -2.18. The summed E-state index contributed by atoms with van der Waals surface area (Å²) >= 11 is 0. The third-order valence-corrected chi connectivity index (χ3v) is 11.9. The van der Waals surface area contributed by atoms with Crippen molar-refractivity contribution < 1.29 is 28.6 Å². The fourth-order valence-corrected chi connectivity index (χ4v) is 7.76. The maximum atomic E-state index is 12.8. The summed E-state index contributed by atoms with van der Waals surface area (Å²) in [6, 6.07) is 0. The Balaban J connectivity index is 4.27. The van der Waals surface area contributed by atoms with E-state index in [1.54, 1.807) is 0 Å². The summed E-state index contributed by atoms with van der Waals surface area (Å²) in [5, 5.41) is 0. The Hall–Kier alpha value is -3.15. The molecule has 0 aliphatic rings. The highest BCUT2D eigenvalue weighted by atomic mass is 16.6. The fraction of sp³-hybridized carbons (Fsp3) is 0.750. The molecule has 0 amide bonds. The average molecular weight is 921 g/mol. The van der Waals surface area contributed by atoms with Gasteiger partial charge in [-0.3, -0.25) is 14.4 Å². The van der Waals surface area contributed by atoms with E-state index < -0.39 is 6.10 Å². The lowest BCUT2D eigenvalue weighted by Crippen LogP contribution is -2.30. The van der Waals surface area contributed by atoms with Gasteiger partial charge < -0.3 is 14.2 Å². The molecule has 0 aromatic rings.